The van der Waals surface area contributed by atoms with Gasteiger partial charge in [0.15, 0.2) is 6.17 Å². The molecular formula is C23H33N4O3S+. The molecule has 1 N–H and O–H groups in total. The third-order valence-corrected chi connectivity index (χ3v) is 8.14. The van der Waals surface area contributed by atoms with Gasteiger partial charge in [-0.3, -0.25) is 9.79 Å². The van der Waals surface area contributed by atoms with Crippen molar-refractivity contribution in [3.8, 4) is 0 Å². The molecule has 0 spiro atoms. The zero-order chi connectivity index (χ0) is 22.5. The second-order valence-corrected chi connectivity index (χ2v) is 11.3. The van der Waals surface area contributed by atoms with Crippen LogP contribution in [0, 0.1) is 16.7 Å². The van der Waals surface area contributed by atoms with Gasteiger partial charge in [0.05, 0.1) is 16.7 Å². The summed E-state index contributed by atoms with van der Waals surface area (Å²) in [5, 5.41) is 0.555. The number of hydrogen-bond acceptors (Lipinski definition) is 6. The van der Waals surface area contributed by atoms with Gasteiger partial charge in [-0.25, -0.2) is 0 Å². The SMILES string of the molecule is CC1SC2C(C(c3ccccc3)=N[C@@H](CC(=O)OC(C)(C)C)C3N[N+](=O)C(C)N23)C1C. The minimum absolute atomic E-state index is 0.110. The number of rotatable bonds is 3. The molecule has 0 bridgehead atoms. The minimum atomic E-state index is -0.565. The van der Waals surface area contributed by atoms with E-state index < -0.39 is 11.6 Å². The van der Waals surface area contributed by atoms with Crippen LogP contribution in [0.3, 0.4) is 0 Å². The molecule has 2 fully saturated rings. The molecule has 0 radical (unpaired) electrons. The zero-order valence-corrected chi connectivity index (χ0v) is 19.9. The van der Waals surface area contributed by atoms with Crippen molar-refractivity contribution >= 4 is 23.4 Å². The molecule has 4 rings (SSSR count). The Morgan fingerprint density at radius 3 is 2.55 bits per heavy atom. The molecular weight excluding hydrogens is 412 g/mol. The number of nitrogens with one attached hydrogen (secondary N) is 1. The molecule has 0 amide bonds. The van der Waals surface area contributed by atoms with Crippen LogP contribution in [0.5, 0.6) is 0 Å². The Balaban J connectivity index is 1.79. The van der Waals surface area contributed by atoms with Crippen molar-refractivity contribution in [2.24, 2.45) is 16.8 Å². The van der Waals surface area contributed by atoms with Crippen LogP contribution in [-0.2, 0) is 9.53 Å². The van der Waals surface area contributed by atoms with E-state index in [1.165, 1.54) is 0 Å². The van der Waals surface area contributed by atoms with Crippen LogP contribution < -0.4 is 5.43 Å². The van der Waals surface area contributed by atoms with Crippen LogP contribution in [-0.4, -0.2) is 56.0 Å². The van der Waals surface area contributed by atoms with Crippen LogP contribution in [0.15, 0.2) is 35.3 Å². The lowest BCUT2D eigenvalue weighted by molar-refractivity contribution is -0.626. The van der Waals surface area contributed by atoms with E-state index in [9.17, 15) is 9.70 Å². The van der Waals surface area contributed by atoms with Gasteiger partial charge in [0, 0.05) is 23.8 Å². The molecule has 31 heavy (non-hydrogen) atoms. The molecule has 3 heterocycles. The number of nitroso groups, excluding NO2 is 1. The summed E-state index contributed by atoms with van der Waals surface area (Å²) in [4.78, 5) is 33.7. The molecule has 2 saturated heterocycles. The Morgan fingerprint density at radius 2 is 1.90 bits per heavy atom. The summed E-state index contributed by atoms with van der Waals surface area (Å²) in [7, 11) is 0. The monoisotopic (exact) mass is 445 g/mol. The summed E-state index contributed by atoms with van der Waals surface area (Å²) >= 11 is 1.91. The maximum absolute atomic E-state index is 12.8. The number of nitrogens with zero attached hydrogens (tertiary/aromatic N) is 3. The van der Waals surface area contributed by atoms with Gasteiger partial charge in [-0.05, 0) is 32.3 Å². The number of carbonyl (C=O) groups excluding carboxylic acids is 1. The van der Waals surface area contributed by atoms with Crippen molar-refractivity contribution in [3.05, 3.63) is 40.8 Å². The number of hydrogen-bond donors (Lipinski definition) is 1. The highest BCUT2D eigenvalue weighted by molar-refractivity contribution is 8.00. The Kier molecular flexibility index (Phi) is 5.89. The third-order valence-electron chi connectivity index (χ3n) is 6.46. The van der Waals surface area contributed by atoms with Crippen molar-refractivity contribution in [3.63, 3.8) is 0 Å². The van der Waals surface area contributed by atoms with Gasteiger partial charge in [0.2, 0.25) is 0 Å². The molecule has 8 heteroatoms. The first-order valence-electron chi connectivity index (χ1n) is 11.1. The van der Waals surface area contributed by atoms with Gasteiger partial charge in [0.1, 0.15) is 16.5 Å². The predicted octanol–water partition coefficient (Wildman–Crippen LogP) is 3.57. The highest BCUT2D eigenvalue weighted by Gasteiger charge is 2.59. The smallest absolute Gasteiger partial charge is 0.308 e. The van der Waals surface area contributed by atoms with E-state index >= 15 is 0 Å². The van der Waals surface area contributed by atoms with E-state index in [-0.39, 0.29) is 36.0 Å². The Labute approximate surface area is 188 Å². The van der Waals surface area contributed by atoms with Gasteiger partial charge < -0.3 is 4.74 Å². The molecule has 0 aliphatic carbocycles. The summed E-state index contributed by atoms with van der Waals surface area (Å²) in [6, 6.07) is 9.82. The number of thioether (sulfide) groups is 1. The van der Waals surface area contributed by atoms with E-state index in [0.717, 1.165) is 16.1 Å². The number of aliphatic imine (C=N–C) groups is 1. The Morgan fingerprint density at radius 1 is 1.23 bits per heavy atom. The largest absolute Gasteiger partial charge is 0.460 e. The summed E-state index contributed by atoms with van der Waals surface area (Å²) < 4.78 is 5.61. The van der Waals surface area contributed by atoms with E-state index in [0.29, 0.717) is 11.2 Å². The summed E-state index contributed by atoms with van der Waals surface area (Å²) in [6.07, 6.45) is -0.566. The van der Waals surface area contributed by atoms with Gasteiger partial charge in [-0.1, -0.05) is 44.2 Å². The lowest BCUT2D eigenvalue weighted by Gasteiger charge is -2.30. The fourth-order valence-electron chi connectivity index (χ4n) is 4.86. The number of benzene rings is 1. The maximum atomic E-state index is 12.8. The van der Waals surface area contributed by atoms with Crippen LogP contribution in [0.2, 0.25) is 0 Å². The molecule has 3 aliphatic rings. The summed E-state index contributed by atoms with van der Waals surface area (Å²) in [5.41, 5.74) is 4.61. The standard InChI is InChI=1S/C23H33N4O3S/c1-13-14(2)31-22-19(13)20(16-10-8-7-9-11-16)24-17(12-18(28)30-23(4,5)6)21-25-27(29)15(3)26(21)22/h7-11,13-15,17,19,21-22H,12H2,1-6H3,(H,25,29)/q+1/t13?,14?,15?,17-,19?,21?,22?/m0/s1. The van der Waals surface area contributed by atoms with E-state index in [4.69, 9.17) is 9.73 Å². The van der Waals surface area contributed by atoms with Crippen molar-refractivity contribution < 1.29 is 14.4 Å². The number of carbonyl (C=O) groups is 1. The van der Waals surface area contributed by atoms with E-state index in [1.54, 1.807) is 0 Å². The van der Waals surface area contributed by atoms with Crippen molar-refractivity contribution in [1.82, 2.24) is 10.3 Å². The first-order valence-corrected chi connectivity index (χ1v) is 12.0. The quantitative estimate of drug-likeness (QED) is 0.566. The second-order valence-electron chi connectivity index (χ2n) is 9.83. The average molecular weight is 446 g/mol. The number of ether oxygens (including phenoxy) is 1. The Bertz CT molecular complexity index is 885. The molecule has 0 saturated carbocycles. The fraction of sp³-hybridized carbons (Fsp3) is 0.652. The molecule has 7 atom stereocenters. The van der Waals surface area contributed by atoms with Gasteiger partial charge in [-0.2, -0.15) is 4.90 Å². The number of hydrazine groups is 1. The first kappa shape index (κ1) is 22.3. The first-order chi connectivity index (χ1) is 14.6. The normalized spacial score (nSPS) is 35.6. The van der Waals surface area contributed by atoms with Crippen molar-refractivity contribution in [1.29, 1.82) is 0 Å². The molecule has 0 aromatic heterocycles. The minimum Gasteiger partial charge on any atom is -0.460 e. The van der Waals surface area contributed by atoms with E-state index in [2.05, 4.69) is 36.3 Å². The highest BCUT2D eigenvalue weighted by atomic mass is 32.2. The average Bonchev–Trinajstić information content (AvgIpc) is 3.09. The number of esters is 1. The topological polar surface area (TPSA) is 74.0 Å². The fourth-order valence-corrected chi connectivity index (χ4v) is 6.71. The lowest BCUT2D eigenvalue weighted by Crippen LogP contribution is -2.50. The highest BCUT2D eigenvalue weighted by Crippen LogP contribution is 2.49. The second kappa shape index (κ2) is 8.20. The molecule has 6 unspecified atom stereocenters. The molecule has 1 aromatic carbocycles. The summed E-state index contributed by atoms with van der Waals surface area (Å²) in [5.74, 6) is 0.264. The van der Waals surface area contributed by atoms with Gasteiger partial charge in [-0.15, -0.1) is 17.2 Å². The number of fused-ring (bicyclic) bond motifs is 3. The molecule has 1 aromatic rings. The van der Waals surface area contributed by atoms with Crippen molar-refractivity contribution in [2.45, 2.75) is 82.6 Å². The van der Waals surface area contributed by atoms with Crippen LogP contribution in [0.25, 0.3) is 0 Å². The van der Waals surface area contributed by atoms with Gasteiger partial charge in [0.25, 0.3) is 6.17 Å². The molecule has 7 nitrogen and oxygen atoms in total. The maximum Gasteiger partial charge on any atom is 0.308 e. The van der Waals surface area contributed by atoms with Crippen molar-refractivity contribution in [2.75, 3.05) is 0 Å². The lowest BCUT2D eigenvalue weighted by atomic mass is 9.84. The van der Waals surface area contributed by atoms with Crippen LogP contribution in [0.4, 0.5) is 0 Å². The zero-order valence-electron chi connectivity index (χ0n) is 19.1. The molecule has 168 valence electrons. The summed E-state index contributed by atoms with van der Waals surface area (Å²) in [6.45, 7) is 12.0. The Hall–Kier alpha value is -1.93. The van der Waals surface area contributed by atoms with E-state index in [1.807, 2.05) is 57.7 Å². The van der Waals surface area contributed by atoms with Crippen LogP contribution in [0.1, 0.15) is 53.5 Å². The molecule has 3 aliphatic heterocycles. The van der Waals surface area contributed by atoms with Crippen LogP contribution >= 0.6 is 11.8 Å². The van der Waals surface area contributed by atoms with Gasteiger partial charge >= 0.3 is 5.97 Å². The predicted molar refractivity (Wildman–Crippen MR) is 123 cm³/mol. The third kappa shape index (κ3) is 4.24.